The van der Waals surface area contributed by atoms with Gasteiger partial charge in [0.2, 0.25) is 0 Å². The fourth-order valence-electron chi connectivity index (χ4n) is 2.55. The first-order chi connectivity index (χ1) is 8.19. The second-order valence-corrected chi connectivity index (χ2v) is 6.19. The summed E-state index contributed by atoms with van der Waals surface area (Å²) in [5.74, 6) is 0.768. The molecule has 1 aliphatic rings. The highest BCUT2D eigenvalue weighted by atomic mass is 32.2. The third-order valence-electron chi connectivity index (χ3n) is 3.40. The van der Waals surface area contributed by atoms with E-state index >= 15 is 0 Å². The van der Waals surface area contributed by atoms with Crippen LogP contribution in [0.25, 0.3) is 10.8 Å². The lowest BCUT2D eigenvalue weighted by molar-refractivity contribution is 0.0624. The number of aromatic nitrogens is 1. The van der Waals surface area contributed by atoms with E-state index in [0.717, 1.165) is 28.5 Å². The Bertz CT molecular complexity index is 551. The van der Waals surface area contributed by atoms with Crippen molar-refractivity contribution in [3.63, 3.8) is 0 Å². The number of hydrogen-bond acceptors (Lipinski definition) is 3. The first-order valence-corrected chi connectivity index (χ1v) is 6.91. The summed E-state index contributed by atoms with van der Waals surface area (Å²) in [5, 5.41) is 13.5. The summed E-state index contributed by atoms with van der Waals surface area (Å²) in [4.78, 5) is 4.26. The maximum atomic E-state index is 10.8. The topological polar surface area (TPSA) is 33.1 Å². The fraction of sp³-hybridized carbons (Fsp3) is 0.357. The lowest BCUT2D eigenvalue weighted by atomic mass is 9.89. The molecule has 2 nitrogen and oxygen atoms in total. The fourth-order valence-corrected chi connectivity index (χ4v) is 3.78. The third kappa shape index (κ3) is 1.83. The predicted octanol–water partition coefficient (Wildman–Crippen LogP) is 2.95. The van der Waals surface area contributed by atoms with Gasteiger partial charge >= 0.3 is 0 Å². The van der Waals surface area contributed by atoms with E-state index in [1.54, 1.807) is 0 Å². The summed E-state index contributed by atoms with van der Waals surface area (Å²) >= 11 is 1.83. The van der Waals surface area contributed by atoms with Crippen molar-refractivity contribution in [1.29, 1.82) is 0 Å². The molecule has 1 aliphatic heterocycles. The minimum absolute atomic E-state index is 0.513. The monoisotopic (exact) mass is 245 g/mol. The Hall–Kier alpha value is -1.06. The Labute approximate surface area is 105 Å². The van der Waals surface area contributed by atoms with E-state index in [1.807, 2.05) is 42.4 Å². The van der Waals surface area contributed by atoms with Gasteiger partial charge in [0, 0.05) is 34.3 Å². The Balaban J connectivity index is 2.17. The standard InChI is InChI=1S/C14H15NOS/c1-10-6-14(16,9-17-10)13-8-15-7-11-4-2-3-5-12(11)13/h2-5,7-8,10,16H,6,9H2,1H3. The number of nitrogens with zero attached hydrogens (tertiary/aromatic N) is 1. The summed E-state index contributed by atoms with van der Waals surface area (Å²) < 4.78 is 0. The first-order valence-electron chi connectivity index (χ1n) is 5.86. The van der Waals surface area contributed by atoms with Crippen LogP contribution in [-0.4, -0.2) is 21.1 Å². The van der Waals surface area contributed by atoms with Gasteiger partial charge in [-0.15, -0.1) is 0 Å². The largest absolute Gasteiger partial charge is 0.384 e. The molecule has 0 spiro atoms. The lowest BCUT2D eigenvalue weighted by Gasteiger charge is -2.23. The van der Waals surface area contributed by atoms with E-state index in [2.05, 4.69) is 18.0 Å². The molecule has 1 saturated heterocycles. The van der Waals surface area contributed by atoms with E-state index < -0.39 is 5.60 Å². The predicted molar refractivity (Wildman–Crippen MR) is 72.2 cm³/mol. The summed E-state index contributed by atoms with van der Waals surface area (Å²) in [6.45, 7) is 2.17. The quantitative estimate of drug-likeness (QED) is 0.838. The smallest absolute Gasteiger partial charge is 0.102 e. The van der Waals surface area contributed by atoms with Gasteiger partial charge in [-0.25, -0.2) is 0 Å². The number of aliphatic hydroxyl groups is 1. The van der Waals surface area contributed by atoms with Crippen LogP contribution in [0.3, 0.4) is 0 Å². The molecule has 1 N–H and O–H groups in total. The van der Waals surface area contributed by atoms with Crippen LogP contribution in [0, 0.1) is 0 Å². The van der Waals surface area contributed by atoms with Gasteiger partial charge in [-0.3, -0.25) is 4.98 Å². The van der Waals surface area contributed by atoms with Gasteiger partial charge in [0.1, 0.15) is 5.60 Å². The molecule has 0 bridgehead atoms. The molecule has 2 atom stereocenters. The van der Waals surface area contributed by atoms with Crippen LogP contribution in [0.15, 0.2) is 36.7 Å². The Morgan fingerprint density at radius 2 is 2.18 bits per heavy atom. The van der Waals surface area contributed by atoms with Gasteiger partial charge in [-0.05, 0) is 11.8 Å². The van der Waals surface area contributed by atoms with Crippen LogP contribution < -0.4 is 0 Å². The molecule has 88 valence electrons. The maximum Gasteiger partial charge on any atom is 0.102 e. The zero-order chi connectivity index (χ0) is 11.9. The van der Waals surface area contributed by atoms with Crippen molar-refractivity contribution in [2.24, 2.45) is 0 Å². The van der Waals surface area contributed by atoms with Crippen LogP contribution in [0.1, 0.15) is 18.9 Å². The number of fused-ring (bicyclic) bond motifs is 1. The van der Waals surface area contributed by atoms with Crippen molar-refractivity contribution in [2.45, 2.75) is 24.2 Å². The molecule has 3 heteroatoms. The highest BCUT2D eigenvalue weighted by molar-refractivity contribution is 8.00. The van der Waals surface area contributed by atoms with Gasteiger partial charge in [0.25, 0.3) is 0 Å². The SMILES string of the molecule is CC1CC(O)(c2cncc3ccccc23)CS1. The van der Waals surface area contributed by atoms with Crippen molar-refractivity contribution < 1.29 is 5.11 Å². The first kappa shape index (κ1) is 11.1. The number of hydrogen-bond donors (Lipinski definition) is 1. The molecule has 0 amide bonds. The zero-order valence-corrected chi connectivity index (χ0v) is 10.6. The van der Waals surface area contributed by atoms with Gasteiger partial charge in [0.15, 0.2) is 0 Å². The van der Waals surface area contributed by atoms with Crippen molar-refractivity contribution in [1.82, 2.24) is 4.98 Å². The van der Waals surface area contributed by atoms with Crippen molar-refractivity contribution in [3.8, 4) is 0 Å². The normalized spacial score (nSPS) is 28.7. The van der Waals surface area contributed by atoms with Crippen LogP contribution in [0.2, 0.25) is 0 Å². The molecular weight excluding hydrogens is 230 g/mol. The van der Waals surface area contributed by atoms with E-state index in [1.165, 1.54) is 0 Å². The molecule has 1 fully saturated rings. The van der Waals surface area contributed by atoms with E-state index in [4.69, 9.17) is 0 Å². The van der Waals surface area contributed by atoms with Gasteiger partial charge in [-0.1, -0.05) is 31.2 Å². The molecule has 0 aliphatic carbocycles. The van der Waals surface area contributed by atoms with Crippen LogP contribution in [-0.2, 0) is 5.60 Å². The van der Waals surface area contributed by atoms with Crippen LogP contribution in [0.4, 0.5) is 0 Å². The van der Waals surface area contributed by atoms with Crippen LogP contribution >= 0.6 is 11.8 Å². The molecular formula is C14H15NOS. The zero-order valence-electron chi connectivity index (χ0n) is 9.76. The molecule has 1 aromatic carbocycles. The maximum absolute atomic E-state index is 10.8. The van der Waals surface area contributed by atoms with Crippen molar-refractivity contribution >= 4 is 22.5 Å². The Morgan fingerprint density at radius 1 is 1.35 bits per heavy atom. The number of benzene rings is 1. The van der Waals surface area contributed by atoms with Crippen molar-refractivity contribution in [3.05, 3.63) is 42.2 Å². The average Bonchev–Trinajstić information content (AvgIpc) is 2.70. The highest BCUT2D eigenvalue weighted by Crippen LogP contribution is 2.43. The number of rotatable bonds is 1. The Kier molecular flexibility index (Phi) is 2.60. The van der Waals surface area contributed by atoms with E-state index in [9.17, 15) is 5.11 Å². The highest BCUT2D eigenvalue weighted by Gasteiger charge is 2.38. The van der Waals surface area contributed by atoms with E-state index in [-0.39, 0.29) is 0 Å². The van der Waals surface area contributed by atoms with Crippen LogP contribution in [0.5, 0.6) is 0 Å². The van der Waals surface area contributed by atoms with Gasteiger partial charge in [-0.2, -0.15) is 11.8 Å². The van der Waals surface area contributed by atoms with Gasteiger partial charge < -0.3 is 5.11 Å². The van der Waals surface area contributed by atoms with Gasteiger partial charge in [0.05, 0.1) is 0 Å². The number of thioether (sulfide) groups is 1. The molecule has 2 heterocycles. The summed E-state index contributed by atoms with van der Waals surface area (Å²) in [6, 6.07) is 8.13. The second-order valence-electron chi connectivity index (χ2n) is 4.77. The minimum atomic E-state index is -0.710. The minimum Gasteiger partial charge on any atom is -0.384 e. The molecule has 0 saturated carbocycles. The summed E-state index contributed by atoms with van der Waals surface area (Å²) in [5.41, 5.74) is 0.269. The molecule has 2 aromatic rings. The molecule has 2 unspecified atom stereocenters. The van der Waals surface area contributed by atoms with E-state index in [0.29, 0.717) is 5.25 Å². The molecule has 1 aromatic heterocycles. The second kappa shape index (κ2) is 4.00. The molecule has 3 rings (SSSR count). The van der Waals surface area contributed by atoms with Crippen molar-refractivity contribution in [2.75, 3.05) is 5.75 Å². The molecule has 0 radical (unpaired) electrons. The molecule has 17 heavy (non-hydrogen) atoms. The summed E-state index contributed by atoms with van der Waals surface area (Å²) in [7, 11) is 0. The lowest BCUT2D eigenvalue weighted by Crippen LogP contribution is -2.26. The number of pyridine rings is 1. The summed E-state index contributed by atoms with van der Waals surface area (Å²) in [6.07, 6.45) is 4.49. The average molecular weight is 245 g/mol. The Morgan fingerprint density at radius 3 is 2.94 bits per heavy atom. The third-order valence-corrected chi connectivity index (χ3v) is 4.78.